The van der Waals surface area contributed by atoms with Crippen LogP contribution >= 0.6 is 0 Å². The molecule has 0 fully saturated rings. The molecule has 0 aliphatic rings. The highest BCUT2D eigenvalue weighted by atomic mass is 15.2. The molecule has 0 spiro atoms. The highest BCUT2D eigenvalue weighted by molar-refractivity contribution is 6.10. The van der Waals surface area contributed by atoms with Crippen molar-refractivity contribution in [1.82, 2.24) is 18.7 Å². The van der Waals surface area contributed by atoms with E-state index in [0.717, 1.165) is 61.6 Å². The maximum absolute atomic E-state index is 8.21. The molecule has 5 aromatic carbocycles. The molecule has 0 aliphatic heterocycles. The maximum atomic E-state index is 8.21. The molecule has 0 saturated heterocycles. The number of aryl methyl sites for hydroxylation is 3. The minimum Gasteiger partial charge on any atom is -0.309 e. The first-order chi connectivity index (χ1) is 24.4. The van der Waals surface area contributed by atoms with Gasteiger partial charge in [0.05, 0.1) is 22.4 Å². The lowest BCUT2D eigenvalue weighted by atomic mass is 9.88. The number of rotatable bonds is 5. The molecule has 0 amide bonds. The molecule has 0 atom stereocenters. The van der Waals surface area contributed by atoms with E-state index in [1.807, 2.05) is 47.2 Å². The first-order valence-electron chi connectivity index (χ1n) is 17.9. The molecule has 8 rings (SSSR count). The lowest BCUT2D eigenvalue weighted by molar-refractivity contribution is 0.588. The molecule has 3 aromatic heterocycles. The van der Waals surface area contributed by atoms with Crippen molar-refractivity contribution in [2.24, 2.45) is 6.98 Å². The highest BCUT2D eigenvalue weighted by Crippen LogP contribution is 2.42. The monoisotopic (exact) mass is 629 g/mol. The number of para-hydroxylation sites is 4. The van der Waals surface area contributed by atoms with Crippen LogP contribution in [0.25, 0.3) is 44.3 Å². The van der Waals surface area contributed by atoms with Crippen molar-refractivity contribution in [3.05, 3.63) is 151 Å². The predicted octanol–water partition coefficient (Wildman–Crippen LogP) is 11.1. The normalized spacial score (nSPS) is 13.1. The maximum Gasteiger partial charge on any atom is 0.191 e. The molecule has 0 bridgehead atoms. The van der Waals surface area contributed by atoms with Crippen molar-refractivity contribution in [2.45, 2.75) is 40.0 Å². The van der Waals surface area contributed by atoms with Crippen LogP contribution in [0.1, 0.15) is 41.6 Å². The van der Waals surface area contributed by atoms with Crippen LogP contribution in [0.5, 0.6) is 0 Å². The topological polar surface area (TPSA) is 30.9 Å². The SMILES string of the molecule is [2H]C([2H])([2H])n1[cH+]n(-c2cccc(N(c3ccc4c5ccccc5n(-c5cc(C(C)(C)C)ccn5)c4c3)c3c(C)cccc3C)c2)c2ccccc21. The van der Waals surface area contributed by atoms with Gasteiger partial charge >= 0.3 is 0 Å². The molecule has 48 heavy (non-hydrogen) atoms. The molecule has 0 aliphatic carbocycles. The Morgan fingerprint density at radius 1 is 0.667 bits per heavy atom. The van der Waals surface area contributed by atoms with Gasteiger partial charge in [-0.15, -0.1) is 0 Å². The zero-order chi connectivity index (χ0) is 35.7. The van der Waals surface area contributed by atoms with Gasteiger partial charge in [-0.1, -0.05) is 63.2 Å². The summed E-state index contributed by atoms with van der Waals surface area (Å²) in [7, 11) is 0. The van der Waals surface area contributed by atoms with Crippen molar-refractivity contribution in [2.75, 3.05) is 4.90 Å². The average molecular weight is 630 g/mol. The Kier molecular flexibility index (Phi) is 6.18. The molecule has 0 radical (unpaired) electrons. The molecule has 3 heterocycles. The van der Waals surface area contributed by atoms with Gasteiger partial charge in [0.1, 0.15) is 11.5 Å². The van der Waals surface area contributed by atoms with Crippen LogP contribution in [-0.2, 0) is 12.4 Å². The van der Waals surface area contributed by atoms with E-state index in [4.69, 9.17) is 9.10 Å². The molecule has 5 nitrogen and oxygen atoms in total. The van der Waals surface area contributed by atoms with Gasteiger partial charge in [-0.2, -0.15) is 4.57 Å². The number of anilines is 3. The van der Waals surface area contributed by atoms with Gasteiger partial charge in [0.2, 0.25) is 0 Å². The van der Waals surface area contributed by atoms with Gasteiger partial charge in [-0.3, -0.25) is 4.57 Å². The summed E-state index contributed by atoms with van der Waals surface area (Å²) in [4.78, 5) is 7.23. The second kappa shape index (κ2) is 11.2. The Labute approximate surface area is 286 Å². The van der Waals surface area contributed by atoms with Crippen LogP contribution in [-0.4, -0.2) is 18.7 Å². The zero-order valence-electron chi connectivity index (χ0n) is 30.9. The van der Waals surface area contributed by atoms with Crippen molar-refractivity contribution in [3.8, 4) is 11.5 Å². The second-order valence-corrected chi connectivity index (χ2v) is 13.6. The lowest BCUT2D eigenvalue weighted by Gasteiger charge is -2.29. The summed E-state index contributed by atoms with van der Waals surface area (Å²) >= 11 is 0. The Hall–Kier alpha value is -5.68. The third-order valence-electron chi connectivity index (χ3n) is 9.42. The van der Waals surface area contributed by atoms with E-state index in [2.05, 4.69) is 129 Å². The summed E-state index contributed by atoms with van der Waals surface area (Å²) in [5.74, 6) is 0.883. The summed E-state index contributed by atoms with van der Waals surface area (Å²) < 4.78 is 30.2. The Morgan fingerprint density at radius 3 is 2.12 bits per heavy atom. The molecular weight excluding hydrogens is 587 g/mol. The third-order valence-corrected chi connectivity index (χ3v) is 9.42. The fraction of sp³-hybridized carbons (Fsp3) is 0.163. The summed E-state index contributed by atoms with van der Waals surface area (Å²) in [6, 6.07) is 41.9. The minimum atomic E-state index is -2.32. The number of hydrogen-bond acceptors (Lipinski definition) is 2. The summed E-state index contributed by atoms with van der Waals surface area (Å²) in [6.45, 7) is 8.66. The van der Waals surface area contributed by atoms with E-state index >= 15 is 0 Å². The third kappa shape index (κ3) is 4.85. The van der Waals surface area contributed by atoms with E-state index in [-0.39, 0.29) is 5.41 Å². The van der Waals surface area contributed by atoms with Crippen LogP contribution in [0.3, 0.4) is 0 Å². The van der Waals surface area contributed by atoms with Crippen LogP contribution < -0.4 is 4.90 Å². The number of imidazole rings is 1. The second-order valence-electron chi connectivity index (χ2n) is 13.6. The number of nitrogens with zero attached hydrogens (tertiary/aromatic N) is 5. The Balaban J connectivity index is 1.37. The van der Waals surface area contributed by atoms with E-state index in [1.54, 1.807) is 6.33 Å². The van der Waals surface area contributed by atoms with Crippen molar-refractivity contribution >= 4 is 49.9 Å². The average Bonchev–Trinajstić information content (AvgIpc) is 3.66. The van der Waals surface area contributed by atoms with Gasteiger partial charge in [-0.05, 0) is 90.6 Å². The van der Waals surface area contributed by atoms with E-state index in [9.17, 15) is 0 Å². The van der Waals surface area contributed by atoms with Crippen LogP contribution in [0.4, 0.5) is 17.1 Å². The van der Waals surface area contributed by atoms with Crippen LogP contribution in [0, 0.1) is 13.8 Å². The van der Waals surface area contributed by atoms with Crippen LogP contribution in [0.15, 0.2) is 134 Å². The molecule has 5 heteroatoms. The number of pyridine rings is 1. The smallest absolute Gasteiger partial charge is 0.191 e. The van der Waals surface area contributed by atoms with Gasteiger partial charge < -0.3 is 4.90 Å². The first kappa shape index (κ1) is 26.4. The lowest BCUT2D eigenvalue weighted by Crippen LogP contribution is -2.14. The van der Waals surface area contributed by atoms with Gasteiger partial charge in [0, 0.05) is 58.0 Å². The van der Waals surface area contributed by atoms with E-state index in [0.29, 0.717) is 5.52 Å². The summed E-state index contributed by atoms with van der Waals surface area (Å²) in [6.07, 6.45) is 3.60. The molecule has 236 valence electrons. The Bertz CT molecular complexity index is 2580. The summed E-state index contributed by atoms with van der Waals surface area (Å²) in [5.41, 5.74) is 11.0. The van der Waals surface area contributed by atoms with Crippen molar-refractivity contribution in [1.29, 1.82) is 0 Å². The van der Waals surface area contributed by atoms with Gasteiger partial charge in [-0.25, -0.2) is 9.55 Å². The number of fused-ring (bicyclic) bond motifs is 4. The molecule has 8 aromatic rings. The molecule has 0 N–H and O–H groups in total. The fourth-order valence-corrected chi connectivity index (χ4v) is 7.02. The zero-order valence-corrected chi connectivity index (χ0v) is 27.9. The van der Waals surface area contributed by atoms with E-state index < -0.39 is 6.98 Å². The molecule has 0 saturated carbocycles. The van der Waals surface area contributed by atoms with Crippen LogP contribution in [0.2, 0.25) is 0 Å². The molecular formula is C43H40N5+. The largest absolute Gasteiger partial charge is 0.309 e. The van der Waals surface area contributed by atoms with Gasteiger partial charge in [0.25, 0.3) is 0 Å². The van der Waals surface area contributed by atoms with Gasteiger partial charge in [0.15, 0.2) is 17.4 Å². The highest BCUT2D eigenvalue weighted by Gasteiger charge is 2.23. The Morgan fingerprint density at radius 2 is 1.35 bits per heavy atom. The predicted molar refractivity (Wildman–Crippen MR) is 202 cm³/mol. The first-order valence-corrected chi connectivity index (χ1v) is 16.4. The fourth-order valence-electron chi connectivity index (χ4n) is 7.02. The van der Waals surface area contributed by atoms with E-state index in [1.165, 1.54) is 15.5 Å². The number of hydrogen-bond donors (Lipinski definition) is 0. The minimum absolute atomic E-state index is 0.0282. The summed E-state index contributed by atoms with van der Waals surface area (Å²) in [5, 5.41) is 2.32. The van der Waals surface area contributed by atoms with Crippen molar-refractivity contribution < 1.29 is 4.11 Å². The standard InChI is InChI=1S/C43H40N5/c1-29-13-11-14-30(2)42(29)47(33-16-12-15-32(26-33)46-28-45(6)38-19-9-10-20-39(38)46)34-21-22-36-35-17-7-8-18-37(35)48(40(36)27-34)41-25-31(23-24-44-41)43(3,4)5/h7-28H,1-6H3/q+1/i6D3. The molecule has 0 unspecified atom stereocenters. The van der Waals surface area contributed by atoms with Crippen molar-refractivity contribution in [3.63, 3.8) is 0 Å². The quantitative estimate of drug-likeness (QED) is 0.177. The number of benzene rings is 5. The number of aromatic nitrogens is 4.